The van der Waals surface area contributed by atoms with Crippen molar-refractivity contribution in [3.05, 3.63) is 53.0 Å². The molecule has 1 aliphatic heterocycles. The summed E-state index contributed by atoms with van der Waals surface area (Å²) in [4.78, 5) is 40.5. The first-order valence-electron chi connectivity index (χ1n) is 9.58. The summed E-state index contributed by atoms with van der Waals surface area (Å²) in [7, 11) is 0. The predicted molar refractivity (Wildman–Crippen MR) is 107 cm³/mol. The molecule has 4 rings (SSSR count). The van der Waals surface area contributed by atoms with Crippen molar-refractivity contribution in [1.29, 1.82) is 0 Å². The molecule has 2 aromatic heterocycles. The molecule has 0 saturated carbocycles. The largest absolute Gasteiger partial charge is 0.341 e. The van der Waals surface area contributed by atoms with Gasteiger partial charge >= 0.3 is 0 Å². The molecule has 1 fully saturated rings. The van der Waals surface area contributed by atoms with Crippen LogP contribution in [0, 0.1) is 5.82 Å². The number of piperidine rings is 1. The van der Waals surface area contributed by atoms with Crippen LogP contribution in [0.1, 0.15) is 32.2 Å². The zero-order valence-electron chi connectivity index (χ0n) is 16.0. The van der Waals surface area contributed by atoms with Gasteiger partial charge in [-0.05, 0) is 50.5 Å². The molecule has 0 bridgehead atoms. The minimum atomic E-state index is -0.814. The first kappa shape index (κ1) is 19.0. The highest BCUT2D eigenvalue weighted by Crippen LogP contribution is 2.17. The molecule has 1 atom stereocenters. The average molecular weight is 396 g/mol. The van der Waals surface area contributed by atoms with Crippen LogP contribution in [-0.4, -0.2) is 38.5 Å². The van der Waals surface area contributed by atoms with Gasteiger partial charge < -0.3 is 10.2 Å². The van der Waals surface area contributed by atoms with Gasteiger partial charge in [-0.1, -0.05) is 0 Å². The molecule has 3 aromatic rings. The molecule has 1 aromatic carbocycles. The van der Waals surface area contributed by atoms with Gasteiger partial charge in [0.05, 0.1) is 0 Å². The summed E-state index contributed by atoms with van der Waals surface area (Å²) in [6.07, 6.45) is 6.19. The zero-order chi connectivity index (χ0) is 20.4. The zero-order valence-corrected chi connectivity index (χ0v) is 16.0. The van der Waals surface area contributed by atoms with Crippen LogP contribution < -0.4 is 15.8 Å². The molecule has 9 heteroatoms. The number of carbonyl (C=O) groups is 1. The molecule has 1 saturated heterocycles. The van der Waals surface area contributed by atoms with Gasteiger partial charge in [-0.3, -0.25) is 14.2 Å². The van der Waals surface area contributed by atoms with Crippen LogP contribution in [-0.2, 0) is 4.79 Å². The van der Waals surface area contributed by atoms with Gasteiger partial charge in [-0.2, -0.15) is 4.98 Å². The Hall–Kier alpha value is -3.36. The Balaban J connectivity index is 1.58. The topological polar surface area (TPSA) is 93.0 Å². The Morgan fingerprint density at radius 3 is 2.59 bits per heavy atom. The number of nitrogens with one attached hydrogen (secondary N) is 1. The Kier molecular flexibility index (Phi) is 5.20. The lowest BCUT2D eigenvalue weighted by Gasteiger charge is -2.26. The van der Waals surface area contributed by atoms with Gasteiger partial charge in [-0.15, -0.1) is 0 Å². The molecular formula is C20H21FN6O2. The van der Waals surface area contributed by atoms with Gasteiger partial charge in [0.2, 0.25) is 11.9 Å². The highest BCUT2D eigenvalue weighted by molar-refractivity contribution is 5.93. The fraction of sp³-hybridized carbons (Fsp3) is 0.350. The van der Waals surface area contributed by atoms with Crippen LogP contribution in [0.4, 0.5) is 16.0 Å². The lowest BCUT2D eigenvalue weighted by Crippen LogP contribution is -2.33. The molecule has 150 valence electrons. The van der Waals surface area contributed by atoms with E-state index in [4.69, 9.17) is 0 Å². The summed E-state index contributed by atoms with van der Waals surface area (Å²) in [6, 6.07) is 4.60. The van der Waals surface area contributed by atoms with E-state index >= 15 is 0 Å². The summed E-state index contributed by atoms with van der Waals surface area (Å²) in [5.74, 6) is -0.232. The second kappa shape index (κ2) is 7.94. The first-order valence-corrected chi connectivity index (χ1v) is 9.58. The van der Waals surface area contributed by atoms with Crippen molar-refractivity contribution in [2.24, 2.45) is 0 Å². The van der Waals surface area contributed by atoms with E-state index in [2.05, 4.69) is 25.2 Å². The Labute approximate surface area is 166 Å². The lowest BCUT2D eigenvalue weighted by molar-refractivity contribution is -0.118. The normalized spacial score (nSPS) is 15.3. The fourth-order valence-electron chi connectivity index (χ4n) is 3.35. The number of nitrogens with zero attached hydrogens (tertiary/aromatic N) is 5. The smallest absolute Gasteiger partial charge is 0.265 e. The van der Waals surface area contributed by atoms with E-state index in [0.29, 0.717) is 17.3 Å². The van der Waals surface area contributed by atoms with E-state index in [0.717, 1.165) is 25.9 Å². The van der Waals surface area contributed by atoms with Gasteiger partial charge in [0.15, 0.2) is 5.65 Å². The third-order valence-corrected chi connectivity index (χ3v) is 5.07. The number of halogens is 1. The quantitative estimate of drug-likeness (QED) is 0.728. The van der Waals surface area contributed by atoms with Crippen molar-refractivity contribution in [3.8, 4) is 0 Å². The van der Waals surface area contributed by atoms with Crippen molar-refractivity contribution in [2.75, 3.05) is 23.3 Å². The Morgan fingerprint density at radius 2 is 1.86 bits per heavy atom. The fourth-order valence-corrected chi connectivity index (χ4v) is 3.35. The lowest BCUT2D eigenvalue weighted by atomic mass is 10.1. The predicted octanol–water partition coefficient (Wildman–Crippen LogP) is 2.52. The third kappa shape index (κ3) is 3.94. The van der Waals surface area contributed by atoms with Crippen LogP contribution >= 0.6 is 0 Å². The maximum absolute atomic E-state index is 13.0. The van der Waals surface area contributed by atoms with Gasteiger partial charge in [0.1, 0.15) is 23.6 Å². The summed E-state index contributed by atoms with van der Waals surface area (Å²) >= 11 is 0. The van der Waals surface area contributed by atoms with E-state index in [1.165, 1.54) is 47.8 Å². The van der Waals surface area contributed by atoms with Crippen LogP contribution in [0.2, 0.25) is 0 Å². The minimum Gasteiger partial charge on any atom is -0.341 e. The number of rotatable bonds is 4. The standard InChI is InChI=1S/C20H21FN6O2/c1-13(18(28)24-15-7-5-14(21)6-8-15)27-12-23-17-16(19(27)29)11-22-20(25-17)26-9-3-2-4-10-26/h5-8,11-13H,2-4,9-10H2,1H3,(H,24,28). The summed E-state index contributed by atoms with van der Waals surface area (Å²) in [5.41, 5.74) is 0.370. The summed E-state index contributed by atoms with van der Waals surface area (Å²) < 4.78 is 14.3. The summed E-state index contributed by atoms with van der Waals surface area (Å²) in [6.45, 7) is 3.38. The Bertz CT molecular complexity index is 1090. The number of anilines is 2. The monoisotopic (exact) mass is 396 g/mol. The molecule has 1 N–H and O–H groups in total. The van der Waals surface area contributed by atoms with Crippen molar-refractivity contribution < 1.29 is 9.18 Å². The van der Waals surface area contributed by atoms with Gasteiger partial charge in [0.25, 0.3) is 5.56 Å². The number of hydrogen-bond acceptors (Lipinski definition) is 6. The number of carbonyl (C=O) groups excluding carboxylic acids is 1. The van der Waals surface area contributed by atoms with E-state index in [9.17, 15) is 14.0 Å². The van der Waals surface area contributed by atoms with Crippen molar-refractivity contribution in [2.45, 2.75) is 32.2 Å². The number of fused-ring (bicyclic) bond motifs is 1. The van der Waals surface area contributed by atoms with E-state index < -0.39 is 17.8 Å². The highest BCUT2D eigenvalue weighted by Gasteiger charge is 2.20. The second-order valence-electron chi connectivity index (χ2n) is 7.08. The SMILES string of the molecule is CC(C(=O)Nc1ccc(F)cc1)n1cnc2nc(N3CCCCC3)ncc2c1=O. The first-order chi connectivity index (χ1) is 14.0. The van der Waals surface area contributed by atoms with Crippen LogP contribution in [0.3, 0.4) is 0 Å². The molecule has 1 aliphatic rings. The third-order valence-electron chi connectivity index (χ3n) is 5.07. The van der Waals surface area contributed by atoms with Gasteiger partial charge in [-0.25, -0.2) is 14.4 Å². The minimum absolute atomic E-state index is 0.259. The summed E-state index contributed by atoms with van der Waals surface area (Å²) in [5, 5.41) is 2.92. The van der Waals surface area contributed by atoms with Crippen molar-refractivity contribution >= 4 is 28.6 Å². The van der Waals surface area contributed by atoms with Crippen LogP contribution in [0.25, 0.3) is 11.0 Å². The molecule has 29 heavy (non-hydrogen) atoms. The maximum Gasteiger partial charge on any atom is 0.265 e. The molecule has 1 unspecified atom stereocenters. The Morgan fingerprint density at radius 1 is 1.14 bits per heavy atom. The second-order valence-corrected chi connectivity index (χ2v) is 7.08. The van der Waals surface area contributed by atoms with Crippen LogP contribution in [0.15, 0.2) is 41.6 Å². The molecule has 0 spiro atoms. The van der Waals surface area contributed by atoms with Gasteiger partial charge in [0, 0.05) is 25.0 Å². The average Bonchev–Trinajstić information content (AvgIpc) is 2.75. The number of aromatic nitrogens is 4. The number of amides is 1. The molecule has 0 radical (unpaired) electrons. The molecule has 3 heterocycles. The molecule has 1 amide bonds. The van der Waals surface area contributed by atoms with Crippen molar-refractivity contribution in [1.82, 2.24) is 19.5 Å². The van der Waals surface area contributed by atoms with E-state index in [1.807, 2.05) is 0 Å². The van der Waals surface area contributed by atoms with E-state index in [1.54, 1.807) is 6.92 Å². The number of hydrogen-bond donors (Lipinski definition) is 1. The maximum atomic E-state index is 13.0. The number of benzene rings is 1. The molecular weight excluding hydrogens is 375 g/mol. The highest BCUT2D eigenvalue weighted by atomic mass is 19.1. The molecule has 8 nitrogen and oxygen atoms in total. The van der Waals surface area contributed by atoms with Crippen LogP contribution in [0.5, 0.6) is 0 Å². The van der Waals surface area contributed by atoms with E-state index in [-0.39, 0.29) is 10.9 Å². The van der Waals surface area contributed by atoms with Crippen molar-refractivity contribution in [3.63, 3.8) is 0 Å². The molecule has 0 aliphatic carbocycles.